The Morgan fingerprint density at radius 2 is 1.57 bits per heavy atom. The number of anilines is 1. The molecule has 0 spiro atoms. The number of carbonyl (C=O) groups excluding carboxylic acids is 1. The van der Waals surface area contributed by atoms with Crippen LogP contribution in [0.15, 0.2) is 77.7 Å². The second-order valence-corrected chi connectivity index (χ2v) is 8.59. The van der Waals surface area contributed by atoms with Crippen LogP contribution in [-0.4, -0.2) is 21.4 Å². The van der Waals surface area contributed by atoms with Crippen molar-refractivity contribution < 1.29 is 17.9 Å². The molecule has 7 heteroatoms. The molecule has 1 atom stereocenters. The molecule has 3 aromatic carbocycles. The molecule has 1 unspecified atom stereocenters. The molecule has 0 aliphatic carbocycles. The first-order chi connectivity index (χ1) is 14.3. The average Bonchev–Trinajstić information content (AvgIpc) is 2.74. The van der Waals surface area contributed by atoms with E-state index in [9.17, 15) is 13.2 Å². The van der Waals surface area contributed by atoms with Crippen LogP contribution in [0, 0.1) is 6.92 Å². The number of hydrogen-bond donors (Lipinski definition) is 2. The number of methoxy groups -OCH3 is 1. The summed E-state index contributed by atoms with van der Waals surface area (Å²) < 4.78 is 32.6. The Hall–Kier alpha value is -3.32. The molecule has 0 radical (unpaired) electrons. The summed E-state index contributed by atoms with van der Waals surface area (Å²) in [4.78, 5) is 12.7. The van der Waals surface area contributed by atoms with Crippen molar-refractivity contribution in [2.24, 2.45) is 0 Å². The van der Waals surface area contributed by atoms with Gasteiger partial charge in [0.05, 0.1) is 18.0 Å². The highest BCUT2D eigenvalue weighted by Gasteiger charge is 2.16. The highest BCUT2D eigenvalue weighted by atomic mass is 32.2. The highest BCUT2D eigenvalue weighted by molar-refractivity contribution is 7.92. The highest BCUT2D eigenvalue weighted by Crippen LogP contribution is 2.20. The van der Waals surface area contributed by atoms with Gasteiger partial charge in [0.1, 0.15) is 5.75 Å². The smallest absolute Gasteiger partial charge is 0.261 e. The van der Waals surface area contributed by atoms with Gasteiger partial charge in [-0.15, -0.1) is 0 Å². The van der Waals surface area contributed by atoms with Crippen molar-refractivity contribution in [2.45, 2.75) is 24.8 Å². The number of hydrogen-bond acceptors (Lipinski definition) is 4. The fourth-order valence-corrected chi connectivity index (χ4v) is 4.15. The lowest BCUT2D eigenvalue weighted by molar-refractivity contribution is 0.0940. The first-order valence-corrected chi connectivity index (χ1v) is 10.9. The Bertz CT molecular complexity index is 1120. The van der Waals surface area contributed by atoms with Gasteiger partial charge in [-0.05, 0) is 73.5 Å². The molecule has 0 saturated heterocycles. The minimum atomic E-state index is -3.74. The predicted octanol–water partition coefficient (Wildman–Crippen LogP) is 4.30. The second-order valence-electron chi connectivity index (χ2n) is 6.91. The predicted molar refractivity (Wildman–Crippen MR) is 117 cm³/mol. The standard InChI is InChI=1S/C23H24N2O4S/c1-16-6-4-5-7-22(16)17(2)24-23(26)18-8-10-19(11-9-18)25-30(27,28)21-14-12-20(29-3)13-15-21/h4-15,17,25H,1-3H3,(H,24,26). The molecular weight excluding hydrogens is 400 g/mol. The fourth-order valence-electron chi connectivity index (χ4n) is 3.09. The maximum absolute atomic E-state index is 12.6. The Morgan fingerprint density at radius 1 is 0.933 bits per heavy atom. The van der Waals surface area contributed by atoms with E-state index in [1.807, 2.05) is 38.1 Å². The zero-order chi connectivity index (χ0) is 21.7. The van der Waals surface area contributed by atoms with E-state index in [1.54, 1.807) is 36.4 Å². The van der Waals surface area contributed by atoms with Gasteiger partial charge in [0.15, 0.2) is 0 Å². The second kappa shape index (κ2) is 9.00. The largest absolute Gasteiger partial charge is 0.497 e. The summed E-state index contributed by atoms with van der Waals surface area (Å²) in [6.45, 7) is 3.93. The van der Waals surface area contributed by atoms with Crippen molar-refractivity contribution in [3.8, 4) is 5.75 Å². The fraction of sp³-hybridized carbons (Fsp3) is 0.174. The molecule has 30 heavy (non-hydrogen) atoms. The molecule has 1 amide bonds. The van der Waals surface area contributed by atoms with Crippen LogP contribution < -0.4 is 14.8 Å². The third-order valence-electron chi connectivity index (χ3n) is 4.77. The first kappa shape index (κ1) is 21.4. The van der Waals surface area contributed by atoms with Crippen molar-refractivity contribution in [3.63, 3.8) is 0 Å². The normalized spacial score (nSPS) is 12.1. The number of sulfonamides is 1. The minimum Gasteiger partial charge on any atom is -0.497 e. The summed E-state index contributed by atoms with van der Waals surface area (Å²) >= 11 is 0. The van der Waals surface area contributed by atoms with Crippen molar-refractivity contribution in [1.82, 2.24) is 5.32 Å². The van der Waals surface area contributed by atoms with Crippen LogP contribution in [0.2, 0.25) is 0 Å². The van der Waals surface area contributed by atoms with E-state index in [4.69, 9.17) is 4.74 Å². The molecule has 6 nitrogen and oxygen atoms in total. The van der Waals surface area contributed by atoms with Crippen LogP contribution in [0.25, 0.3) is 0 Å². The van der Waals surface area contributed by atoms with Gasteiger partial charge >= 0.3 is 0 Å². The van der Waals surface area contributed by atoms with E-state index in [1.165, 1.54) is 19.2 Å². The third-order valence-corrected chi connectivity index (χ3v) is 6.17. The number of nitrogens with one attached hydrogen (secondary N) is 2. The Morgan fingerprint density at radius 3 is 2.17 bits per heavy atom. The van der Waals surface area contributed by atoms with E-state index in [-0.39, 0.29) is 16.8 Å². The molecule has 0 saturated carbocycles. The van der Waals surface area contributed by atoms with Crippen molar-refractivity contribution in [2.75, 3.05) is 11.8 Å². The molecule has 3 rings (SSSR count). The zero-order valence-corrected chi connectivity index (χ0v) is 17.9. The molecule has 0 fully saturated rings. The maximum Gasteiger partial charge on any atom is 0.261 e. The summed E-state index contributed by atoms with van der Waals surface area (Å²) in [5.74, 6) is 0.347. The van der Waals surface area contributed by atoms with Crippen LogP contribution >= 0.6 is 0 Å². The van der Waals surface area contributed by atoms with E-state index in [0.29, 0.717) is 17.0 Å². The number of aryl methyl sites for hydroxylation is 1. The van der Waals surface area contributed by atoms with Crippen molar-refractivity contribution in [3.05, 3.63) is 89.5 Å². The lowest BCUT2D eigenvalue weighted by Gasteiger charge is -2.17. The van der Waals surface area contributed by atoms with E-state index >= 15 is 0 Å². The Labute approximate surface area is 177 Å². The molecular formula is C23H24N2O4S. The summed E-state index contributed by atoms with van der Waals surface area (Å²) in [6, 6.07) is 20.1. The van der Waals surface area contributed by atoms with Gasteiger partial charge in [-0.1, -0.05) is 24.3 Å². The molecule has 0 bridgehead atoms. The number of carbonyl (C=O) groups is 1. The molecule has 0 aliphatic rings. The number of ether oxygens (including phenoxy) is 1. The number of amides is 1. The van der Waals surface area contributed by atoms with Gasteiger partial charge in [0.2, 0.25) is 0 Å². The van der Waals surface area contributed by atoms with Gasteiger partial charge in [-0.25, -0.2) is 8.42 Å². The van der Waals surface area contributed by atoms with Crippen LogP contribution in [0.1, 0.15) is 34.5 Å². The Balaban J connectivity index is 1.68. The average molecular weight is 425 g/mol. The summed E-state index contributed by atoms with van der Waals surface area (Å²) in [5.41, 5.74) is 2.97. The first-order valence-electron chi connectivity index (χ1n) is 9.43. The lowest BCUT2D eigenvalue weighted by Crippen LogP contribution is -2.27. The van der Waals surface area contributed by atoms with Gasteiger partial charge < -0.3 is 10.1 Å². The maximum atomic E-state index is 12.6. The SMILES string of the molecule is COc1ccc(S(=O)(=O)Nc2ccc(C(=O)NC(C)c3ccccc3C)cc2)cc1. The number of rotatable bonds is 7. The molecule has 3 aromatic rings. The van der Waals surface area contributed by atoms with Crippen LogP contribution in [0.4, 0.5) is 5.69 Å². The topological polar surface area (TPSA) is 84.5 Å². The van der Waals surface area contributed by atoms with Gasteiger partial charge in [0.25, 0.3) is 15.9 Å². The summed E-state index contributed by atoms with van der Waals surface area (Å²) in [7, 11) is -2.22. The zero-order valence-electron chi connectivity index (χ0n) is 17.0. The lowest BCUT2D eigenvalue weighted by atomic mass is 10.0. The van der Waals surface area contributed by atoms with E-state index in [2.05, 4.69) is 10.0 Å². The van der Waals surface area contributed by atoms with Crippen LogP contribution in [0.3, 0.4) is 0 Å². The van der Waals surface area contributed by atoms with E-state index in [0.717, 1.165) is 11.1 Å². The van der Waals surface area contributed by atoms with Crippen molar-refractivity contribution in [1.29, 1.82) is 0 Å². The molecule has 2 N–H and O–H groups in total. The third kappa shape index (κ3) is 4.99. The van der Waals surface area contributed by atoms with Crippen LogP contribution in [-0.2, 0) is 10.0 Å². The quantitative estimate of drug-likeness (QED) is 0.592. The van der Waals surface area contributed by atoms with Gasteiger partial charge in [-0.3, -0.25) is 9.52 Å². The molecule has 0 aromatic heterocycles. The molecule has 0 aliphatic heterocycles. The molecule has 0 heterocycles. The van der Waals surface area contributed by atoms with Crippen LogP contribution in [0.5, 0.6) is 5.75 Å². The van der Waals surface area contributed by atoms with Gasteiger partial charge in [-0.2, -0.15) is 0 Å². The van der Waals surface area contributed by atoms with Crippen molar-refractivity contribution >= 4 is 21.6 Å². The summed E-state index contributed by atoms with van der Waals surface area (Å²) in [5, 5.41) is 2.97. The summed E-state index contributed by atoms with van der Waals surface area (Å²) in [6.07, 6.45) is 0. The van der Waals surface area contributed by atoms with E-state index < -0.39 is 10.0 Å². The monoisotopic (exact) mass is 424 g/mol. The Kier molecular flexibility index (Phi) is 6.42. The minimum absolute atomic E-state index is 0.122. The number of benzene rings is 3. The van der Waals surface area contributed by atoms with Gasteiger partial charge in [0, 0.05) is 11.3 Å². The molecule has 156 valence electrons.